The van der Waals surface area contributed by atoms with Gasteiger partial charge in [0, 0.05) is 24.5 Å². The van der Waals surface area contributed by atoms with Crippen molar-refractivity contribution in [3.05, 3.63) is 47.9 Å². The highest BCUT2D eigenvalue weighted by Gasteiger charge is 2.11. The molecule has 0 unspecified atom stereocenters. The molecule has 1 N–H and O–H groups in total. The van der Waals surface area contributed by atoms with Crippen LogP contribution in [0.2, 0.25) is 0 Å². The minimum Gasteiger partial charge on any atom is -0.467 e. The predicted molar refractivity (Wildman–Crippen MR) is 78.7 cm³/mol. The summed E-state index contributed by atoms with van der Waals surface area (Å²) in [5, 5.41) is 3.39. The lowest BCUT2D eigenvalue weighted by Gasteiger charge is -2.17. The highest BCUT2D eigenvalue weighted by atomic mass is 16.3. The molecule has 100 valence electrons. The number of furan rings is 1. The molecule has 1 aliphatic rings. The topological polar surface area (TPSA) is 28.4 Å². The summed E-state index contributed by atoms with van der Waals surface area (Å²) < 4.78 is 5.42. The zero-order valence-corrected chi connectivity index (χ0v) is 11.4. The molecule has 0 bridgehead atoms. The molecule has 0 amide bonds. The van der Waals surface area contributed by atoms with Gasteiger partial charge in [0.05, 0.1) is 12.8 Å². The van der Waals surface area contributed by atoms with Crippen molar-refractivity contribution >= 4 is 11.4 Å². The van der Waals surface area contributed by atoms with Crippen LogP contribution < -0.4 is 10.2 Å². The van der Waals surface area contributed by atoms with Gasteiger partial charge < -0.3 is 14.6 Å². The Morgan fingerprint density at radius 3 is 2.47 bits per heavy atom. The van der Waals surface area contributed by atoms with Crippen LogP contribution in [0.25, 0.3) is 0 Å². The average Bonchev–Trinajstić information content (AvgIpc) is 3.09. The second kappa shape index (κ2) is 5.39. The van der Waals surface area contributed by atoms with Gasteiger partial charge in [-0.2, -0.15) is 0 Å². The smallest absolute Gasteiger partial charge is 0.125 e. The van der Waals surface area contributed by atoms with Gasteiger partial charge in [-0.3, -0.25) is 0 Å². The maximum Gasteiger partial charge on any atom is 0.125 e. The Labute approximate surface area is 114 Å². The standard InChI is InChI=1S/C16H20N2O/c1-13-8-11-19-16(13)12-17-14-4-6-15(7-5-14)18-9-2-3-10-18/h4-8,11,17H,2-3,9-10,12H2,1H3. The Bertz CT molecular complexity index is 524. The monoisotopic (exact) mass is 256 g/mol. The third kappa shape index (κ3) is 2.75. The van der Waals surface area contributed by atoms with E-state index in [2.05, 4.69) is 41.4 Å². The fourth-order valence-corrected chi connectivity index (χ4v) is 2.53. The van der Waals surface area contributed by atoms with Crippen LogP contribution in [-0.2, 0) is 6.54 Å². The van der Waals surface area contributed by atoms with E-state index in [1.807, 2.05) is 6.07 Å². The van der Waals surface area contributed by atoms with E-state index in [0.717, 1.165) is 18.0 Å². The number of aryl methyl sites for hydroxylation is 1. The fraction of sp³-hybridized carbons (Fsp3) is 0.375. The van der Waals surface area contributed by atoms with Crippen molar-refractivity contribution in [3.63, 3.8) is 0 Å². The van der Waals surface area contributed by atoms with Crippen LogP contribution in [0.15, 0.2) is 41.0 Å². The van der Waals surface area contributed by atoms with Gasteiger partial charge in [-0.05, 0) is 55.7 Å². The molecule has 3 rings (SSSR count). The van der Waals surface area contributed by atoms with Crippen molar-refractivity contribution < 1.29 is 4.42 Å². The van der Waals surface area contributed by atoms with Gasteiger partial charge in [-0.25, -0.2) is 0 Å². The first-order valence-electron chi connectivity index (χ1n) is 6.95. The summed E-state index contributed by atoms with van der Waals surface area (Å²) in [5.74, 6) is 1.00. The van der Waals surface area contributed by atoms with Gasteiger partial charge >= 0.3 is 0 Å². The van der Waals surface area contributed by atoms with Crippen LogP contribution in [0, 0.1) is 6.92 Å². The fourth-order valence-electron chi connectivity index (χ4n) is 2.53. The molecule has 19 heavy (non-hydrogen) atoms. The summed E-state index contributed by atoms with van der Waals surface area (Å²) in [6.45, 7) is 5.19. The molecule has 1 aliphatic heterocycles. The second-order valence-electron chi connectivity index (χ2n) is 5.12. The highest BCUT2D eigenvalue weighted by molar-refractivity contribution is 5.55. The molecule has 1 aromatic carbocycles. The van der Waals surface area contributed by atoms with E-state index in [1.54, 1.807) is 6.26 Å². The summed E-state index contributed by atoms with van der Waals surface area (Å²) in [7, 11) is 0. The third-order valence-electron chi connectivity index (χ3n) is 3.76. The molecular weight excluding hydrogens is 236 g/mol. The molecule has 0 saturated carbocycles. The van der Waals surface area contributed by atoms with Gasteiger partial charge in [0.25, 0.3) is 0 Å². The number of nitrogens with one attached hydrogen (secondary N) is 1. The van der Waals surface area contributed by atoms with Crippen LogP contribution in [0.4, 0.5) is 11.4 Å². The molecule has 0 radical (unpaired) electrons. The van der Waals surface area contributed by atoms with E-state index < -0.39 is 0 Å². The van der Waals surface area contributed by atoms with Gasteiger partial charge in [-0.1, -0.05) is 0 Å². The Kier molecular flexibility index (Phi) is 3.45. The van der Waals surface area contributed by atoms with Crippen LogP contribution in [-0.4, -0.2) is 13.1 Å². The van der Waals surface area contributed by atoms with Crippen LogP contribution in [0.5, 0.6) is 0 Å². The molecule has 0 atom stereocenters. The average molecular weight is 256 g/mol. The van der Waals surface area contributed by atoms with Crippen molar-refractivity contribution in [2.45, 2.75) is 26.3 Å². The lowest BCUT2D eigenvalue weighted by molar-refractivity contribution is 0.515. The number of rotatable bonds is 4. The summed E-state index contributed by atoms with van der Waals surface area (Å²) in [5.41, 5.74) is 3.66. The maximum atomic E-state index is 5.42. The Balaban J connectivity index is 1.61. The number of benzene rings is 1. The number of hydrogen-bond donors (Lipinski definition) is 1. The van der Waals surface area contributed by atoms with Crippen LogP contribution in [0.1, 0.15) is 24.2 Å². The lowest BCUT2D eigenvalue weighted by Crippen LogP contribution is -2.17. The van der Waals surface area contributed by atoms with Gasteiger partial charge in [0.2, 0.25) is 0 Å². The number of nitrogens with zero attached hydrogens (tertiary/aromatic N) is 1. The molecule has 0 aliphatic carbocycles. The first-order chi connectivity index (χ1) is 9.33. The lowest BCUT2D eigenvalue weighted by atomic mass is 10.2. The van der Waals surface area contributed by atoms with Crippen LogP contribution in [0.3, 0.4) is 0 Å². The van der Waals surface area contributed by atoms with E-state index in [1.165, 1.54) is 37.2 Å². The molecule has 2 aromatic rings. The molecule has 3 nitrogen and oxygen atoms in total. The highest BCUT2D eigenvalue weighted by Crippen LogP contribution is 2.22. The van der Waals surface area contributed by atoms with Gasteiger partial charge in [0.15, 0.2) is 0 Å². The van der Waals surface area contributed by atoms with E-state index in [9.17, 15) is 0 Å². The van der Waals surface area contributed by atoms with Crippen molar-refractivity contribution in [1.29, 1.82) is 0 Å². The van der Waals surface area contributed by atoms with Gasteiger partial charge in [0.1, 0.15) is 5.76 Å². The Hall–Kier alpha value is -1.90. The molecular formula is C16H20N2O. The van der Waals surface area contributed by atoms with E-state index in [-0.39, 0.29) is 0 Å². The molecule has 1 saturated heterocycles. The summed E-state index contributed by atoms with van der Waals surface area (Å²) in [6.07, 6.45) is 4.37. The normalized spacial score (nSPS) is 14.9. The molecule has 1 aromatic heterocycles. The Morgan fingerprint density at radius 2 is 1.84 bits per heavy atom. The number of hydrogen-bond acceptors (Lipinski definition) is 3. The quantitative estimate of drug-likeness (QED) is 0.902. The summed E-state index contributed by atoms with van der Waals surface area (Å²) >= 11 is 0. The van der Waals surface area contributed by atoms with Crippen molar-refractivity contribution in [2.75, 3.05) is 23.3 Å². The minimum atomic E-state index is 0.738. The maximum absolute atomic E-state index is 5.42. The SMILES string of the molecule is Cc1ccoc1CNc1ccc(N2CCCC2)cc1. The van der Waals surface area contributed by atoms with Gasteiger partial charge in [-0.15, -0.1) is 0 Å². The zero-order valence-electron chi connectivity index (χ0n) is 11.4. The molecule has 3 heteroatoms. The van der Waals surface area contributed by atoms with Crippen LogP contribution >= 0.6 is 0 Å². The van der Waals surface area contributed by atoms with Crippen molar-refractivity contribution in [3.8, 4) is 0 Å². The van der Waals surface area contributed by atoms with E-state index in [4.69, 9.17) is 4.42 Å². The summed E-state index contributed by atoms with van der Waals surface area (Å²) in [6, 6.07) is 10.7. The molecule has 0 spiro atoms. The van der Waals surface area contributed by atoms with E-state index >= 15 is 0 Å². The third-order valence-corrected chi connectivity index (χ3v) is 3.76. The largest absolute Gasteiger partial charge is 0.467 e. The van der Waals surface area contributed by atoms with Crippen molar-refractivity contribution in [1.82, 2.24) is 0 Å². The summed E-state index contributed by atoms with van der Waals surface area (Å²) in [4.78, 5) is 2.44. The molecule has 1 fully saturated rings. The number of anilines is 2. The van der Waals surface area contributed by atoms with E-state index in [0.29, 0.717) is 0 Å². The minimum absolute atomic E-state index is 0.738. The predicted octanol–water partition coefficient (Wildman–Crippen LogP) is 3.80. The Morgan fingerprint density at radius 1 is 1.11 bits per heavy atom. The van der Waals surface area contributed by atoms with Crippen molar-refractivity contribution in [2.24, 2.45) is 0 Å². The first kappa shape index (κ1) is 12.2. The zero-order chi connectivity index (χ0) is 13.1. The first-order valence-corrected chi connectivity index (χ1v) is 6.95. The second-order valence-corrected chi connectivity index (χ2v) is 5.12. The molecule has 2 heterocycles.